The maximum absolute atomic E-state index is 11.8. The molecule has 7 nitrogen and oxygen atoms in total. The third-order valence-corrected chi connectivity index (χ3v) is 3.35. The van der Waals surface area contributed by atoms with E-state index in [0.29, 0.717) is 28.3 Å². The Labute approximate surface area is 135 Å². The number of ether oxygens (including phenoxy) is 1. The normalized spacial score (nSPS) is 10.5. The fraction of sp³-hybridized carbons (Fsp3) is 0.0667. The number of benzene rings is 1. The van der Waals surface area contributed by atoms with Crippen molar-refractivity contribution in [3.8, 4) is 34.0 Å². The molecule has 0 unspecified atom stereocenters. The number of methoxy groups -OCH3 is 1. The lowest BCUT2D eigenvalue weighted by Crippen LogP contribution is -2.12. The summed E-state index contributed by atoms with van der Waals surface area (Å²) in [5.74, 6) is 0.315. The van der Waals surface area contributed by atoms with Crippen LogP contribution in [-0.4, -0.2) is 32.2 Å². The van der Waals surface area contributed by atoms with Gasteiger partial charge < -0.3 is 14.8 Å². The number of H-pyrrole nitrogens is 1. The van der Waals surface area contributed by atoms with Gasteiger partial charge in [-0.3, -0.25) is 0 Å². The minimum Gasteiger partial charge on any atom is -0.504 e. The molecule has 3 rings (SSSR count). The summed E-state index contributed by atoms with van der Waals surface area (Å²) in [6, 6.07) is 6.44. The van der Waals surface area contributed by atoms with Crippen molar-refractivity contribution in [2.45, 2.75) is 0 Å². The second-order valence-corrected chi connectivity index (χ2v) is 4.95. The Kier molecular flexibility index (Phi) is 3.94. The Morgan fingerprint density at radius 3 is 2.61 bits per heavy atom. The zero-order valence-electron chi connectivity index (χ0n) is 11.9. The number of hydrogen-bond donors (Lipinski definition) is 2. The lowest BCUT2D eigenvalue weighted by molar-refractivity contribution is 0.373. The van der Waals surface area contributed by atoms with Gasteiger partial charge in [-0.05, 0) is 35.9 Å². The molecule has 3 aromatic rings. The van der Waals surface area contributed by atoms with Crippen molar-refractivity contribution >= 4 is 11.6 Å². The third-order valence-electron chi connectivity index (χ3n) is 3.15. The van der Waals surface area contributed by atoms with Crippen LogP contribution in [0.25, 0.3) is 22.5 Å². The van der Waals surface area contributed by atoms with E-state index in [1.54, 1.807) is 18.2 Å². The number of nitrogens with zero attached hydrogens (tertiary/aromatic N) is 3. The topological polar surface area (TPSA) is 101 Å². The summed E-state index contributed by atoms with van der Waals surface area (Å²) in [5.41, 5.74) is 1.64. The quantitative estimate of drug-likeness (QED) is 0.714. The van der Waals surface area contributed by atoms with Crippen molar-refractivity contribution in [2.75, 3.05) is 7.11 Å². The van der Waals surface area contributed by atoms with E-state index in [0.717, 1.165) is 0 Å². The number of rotatable bonds is 3. The molecule has 0 aliphatic carbocycles. The maximum Gasteiger partial charge on any atom is 0.345 e. The molecule has 0 amide bonds. The molecule has 0 aliphatic rings. The van der Waals surface area contributed by atoms with Gasteiger partial charge in [0.05, 0.1) is 18.5 Å². The first kappa shape index (κ1) is 15.0. The van der Waals surface area contributed by atoms with Crippen molar-refractivity contribution in [3.63, 3.8) is 0 Å². The first-order valence-corrected chi connectivity index (χ1v) is 6.91. The molecule has 8 heteroatoms. The highest BCUT2D eigenvalue weighted by Crippen LogP contribution is 2.31. The second kappa shape index (κ2) is 6.05. The molecule has 116 valence electrons. The average molecular weight is 331 g/mol. The van der Waals surface area contributed by atoms with Crippen LogP contribution in [0, 0.1) is 0 Å². The Balaban J connectivity index is 2.11. The van der Waals surface area contributed by atoms with E-state index in [1.165, 1.54) is 25.6 Å². The van der Waals surface area contributed by atoms with Gasteiger partial charge in [-0.1, -0.05) is 0 Å². The summed E-state index contributed by atoms with van der Waals surface area (Å²) in [6.45, 7) is 0. The number of aromatic amines is 1. The van der Waals surface area contributed by atoms with E-state index in [1.807, 2.05) is 0 Å². The minimum atomic E-state index is -0.514. The standard InChI is InChI=1S/C15H11ClN4O3/c1-23-13-4-8(2-3-12(13)21)10-5-11(20-15(22)19-10)9-6-17-14(16)18-7-9/h2-7,21H,1H3,(H,19,20,22). The minimum absolute atomic E-state index is 0.0129. The summed E-state index contributed by atoms with van der Waals surface area (Å²) in [6.07, 6.45) is 2.97. The van der Waals surface area contributed by atoms with Crippen LogP contribution >= 0.6 is 11.6 Å². The van der Waals surface area contributed by atoms with E-state index in [9.17, 15) is 9.90 Å². The first-order chi connectivity index (χ1) is 11.1. The summed E-state index contributed by atoms with van der Waals surface area (Å²) in [4.78, 5) is 26.1. The highest BCUT2D eigenvalue weighted by molar-refractivity contribution is 6.28. The van der Waals surface area contributed by atoms with Crippen molar-refractivity contribution in [2.24, 2.45) is 0 Å². The second-order valence-electron chi connectivity index (χ2n) is 4.61. The van der Waals surface area contributed by atoms with Gasteiger partial charge in [0.2, 0.25) is 5.28 Å². The van der Waals surface area contributed by atoms with Crippen LogP contribution in [0.4, 0.5) is 0 Å². The predicted octanol–water partition coefficient (Wildman–Crippen LogP) is 2.26. The highest BCUT2D eigenvalue weighted by Gasteiger charge is 2.09. The monoisotopic (exact) mass is 330 g/mol. The average Bonchev–Trinajstić information content (AvgIpc) is 2.55. The molecule has 0 bridgehead atoms. The van der Waals surface area contributed by atoms with Gasteiger partial charge in [0, 0.05) is 23.5 Å². The lowest BCUT2D eigenvalue weighted by atomic mass is 10.1. The molecule has 0 saturated heterocycles. The Morgan fingerprint density at radius 1 is 1.17 bits per heavy atom. The van der Waals surface area contributed by atoms with E-state index in [4.69, 9.17) is 16.3 Å². The molecule has 0 spiro atoms. The van der Waals surface area contributed by atoms with Gasteiger partial charge in [0.25, 0.3) is 0 Å². The van der Waals surface area contributed by atoms with Crippen LogP contribution in [0.15, 0.2) is 41.5 Å². The molecular weight excluding hydrogens is 320 g/mol. The third kappa shape index (κ3) is 3.14. The number of aromatic hydroxyl groups is 1. The lowest BCUT2D eigenvalue weighted by Gasteiger charge is -2.08. The van der Waals surface area contributed by atoms with E-state index in [2.05, 4.69) is 19.9 Å². The maximum atomic E-state index is 11.8. The highest BCUT2D eigenvalue weighted by atomic mass is 35.5. The number of halogens is 1. The van der Waals surface area contributed by atoms with Crippen molar-refractivity contribution in [3.05, 3.63) is 52.4 Å². The molecule has 0 aliphatic heterocycles. The molecule has 0 fully saturated rings. The summed E-state index contributed by atoms with van der Waals surface area (Å²) in [5, 5.41) is 9.77. The molecule has 0 radical (unpaired) electrons. The Hall–Kier alpha value is -2.93. The first-order valence-electron chi connectivity index (χ1n) is 6.53. The summed E-state index contributed by atoms with van der Waals surface area (Å²) < 4.78 is 5.07. The number of phenolic OH excluding ortho intramolecular Hbond substituents is 1. The van der Waals surface area contributed by atoms with Crippen molar-refractivity contribution in [1.29, 1.82) is 0 Å². The molecule has 2 N–H and O–H groups in total. The van der Waals surface area contributed by atoms with E-state index < -0.39 is 5.69 Å². The van der Waals surface area contributed by atoms with Gasteiger partial charge in [-0.2, -0.15) is 4.98 Å². The van der Waals surface area contributed by atoms with Gasteiger partial charge in [-0.15, -0.1) is 0 Å². The fourth-order valence-corrected chi connectivity index (χ4v) is 2.15. The molecule has 1 aromatic carbocycles. The molecule has 0 saturated carbocycles. The Bertz CT molecular complexity index is 909. The number of hydrogen-bond acceptors (Lipinski definition) is 6. The van der Waals surface area contributed by atoms with Crippen LogP contribution in [0.5, 0.6) is 11.5 Å². The molecular formula is C15H11ClN4O3. The smallest absolute Gasteiger partial charge is 0.345 e. The van der Waals surface area contributed by atoms with E-state index >= 15 is 0 Å². The van der Waals surface area contributed by atoms with Gasteiger partial charge >= 0.3 is 5.69 Å². The molecule has 23 heavy (non-hydrogen) atoms. The van der Waals surface area contributed by atoms with Crippen molar-refractivity contribution < 1.29 is 9.84 Å². The summed E-state index contributed by atoms with van der Waals surface area (Å²) >= 11 is 5.66. The van der Waals surface area contributed by atoms with Crippen molar-refractivity contribution in [1.82, 2.24) is 19.9 Å². The van der Waals surface area contributed by atoms with Gasteiger partial charge in [0.1, 0.15) is 0 Å². The van der Waals surface area contributed by atoms with Crippen LogP contribution in [0.3, 0.4) is 0 Å². The van der Waals surface area contributed by atoms with Gasteiger partial charge in [-0.25, -0.2) is 14.8 Å². The molecule has 2 heterocycles. The number of phenols is 1. The number of nitrogens with one attached hydrogen (secondary N) is 1. The zero-order chi connectivity index (χ0) is 16.4. The van der Waals surface area contributed by atoms with E-state index in [-0.39, 0.29) is 11.0 Å². The zero-order valence-corrected chi connectivity index (χ0v) is 12.7. The Morgan fingerprint density at radius 2 is 1.91 bits per heavy atom. The van der Waals surface area contributed by atoms with Crippen LogP contribution in [0.2, 0.25) is 5.28 Å². The van der Waals surface area contributed by atoms with Crippen LogP contribution in [-0.2, 0) is 0 Å². The summed E-state index contributed by atoms with van der Waals surface area (Å²) in [7, 11) is 1.45. The molecule has 2 aromatic heterocycles. The largest absolute Gasteiger partial charge is 0.504 e. The van der Waals surface area contributed by atoms with Crippen LogP contribution < -0.4 is 10.4 Å². The SMILES string of the molecule is COc1cc(-c2cc(-c3cnc(Cl)nc3)nc(=O)[nH]2)ccc1O. The predicted molar refractivity (Wildman–Crippen MR) is 84.5 cm³/mol. The fourth-order valence-electron chi connectivity index (χ4n) is 2.05. The van der Waals surface area contributed by atoms with Gasteiger partial charge in [0.15, 0.2) is 11.5 Å². The molecule has 0 atom stereocenters. The number of aromatic nitrogens is 4. The van der Waals surface area contributed by atoms with Crippen LogP contribution in [0.1, 0.15) is 0 Å².